The second-order valence-electron chi connectivity index (χ2n) is 7.91. The largest absolute Gasteiger partial charge is 0.427 e. The molecule has 0 aromatic heterocycles. The van der Waals surface area contributed by atoms with Crippen LogP contribution in [0.4, 0.5) is 0 Å². The van der Waals surface area contributed by atoms with Crippen molar-refractivity contribution >= 4 is 17.5 Å². The van der Waals surface area contributed by atoms with Crippen molar-refractivity contribution in [3.05, 3.63) is 29.3 Å². The fourth-order valence-electron chi connectivity index (χ4n) is 5.39. The normalized spacial score (nSPS) is 36.4. The van der Waals surface area contributed by atoms with Crippen LogP contribution in [0.3, 0.4) is 0 Å². The Morgan fingerprint density at radius 2 is 1.88 bits per heavy atom. The summed E-state index contributed by atoms with van der Waals surface area (Å²) in [5.41, 5.74) is -0.690. The summed E-state index contributed by atoms with van der Waals surface area (Å²) in [6.07, 6.45) is 2.71. The zero-order valence-electron chi connectivity index (χ0n) is 14.5. The highest BCUT2D eigenvalue weighted by molar-refractivity contribution is 5.98. The predicted molar refractivity (Wildman–Crippen MR) is 88.9 cm³/mol. The highest BCUT2D eigenvalue weighted by Crippen LogP contribution is 2.59. The Morgan fingerprint density at radius 1 is 1.16 bits per heavy atom. The molecule has 1 N–H and O–H groups in total. The Labute approximate surface area is 146 Å². The number of hydrogen-bond acceptors (Lipinski definition) is 5. The van der Waals surface area contributed by atoms with E-state index in [0.717, 1.165) is 12.0 Å². The molecule has 1 aromatic rings. The molecule has 0 aliphatic heterocycles. The number of fused-ring (bicyclic) bond motifs is 5. The molecule has 0 amide bonds. The van der Waals surface area contributed by atoms with Gasteiger partial charge in [-0.05, 0) is 48.4 Å². The summed E-state index contributed by atoms with van der Waals surface area (Å²) < 4.78 is 5.13. The first kappa shape index (κ1) is 16.5. The van der Waals surface area contributed by atoms with Crippen molar-refractivity contribution < 1.29 is 24.2 Å². The molecule has 4 atom stereocenters. The maximum absolute atomic E-state index is 13.0. The van der Waals surface area contributed by atoms with Crippen LogP contribution >= 0.6 is 0 Å². The van der Waals surface area contributed by atoms with E-state index < -0.39 is 17.0 Å². The van der Waals surface area contributed by atoms with E-state index in [1.54, 1.807) is 18.2 Å². The summed E-state index contributed by atoms with van der Waals surface area (Å²) in [7, 11) is 0. The number of benzene rings is 1. The van der Waals surface area contributed by atoms with Gasteiger partial charge in [-0.25, -0.2) is 0 Å². The van der Waals surface area contributed by atoms with E-state index in [0.29, 0.717) is 30.6 Å². The summed E-state index contributed by atoms with van der Waals surface area (Å²) in [6.45, 7) is 3.23. The standard InChI is InChI=1S/C20H22O5/c1-11(21)25-13-4-6-14-12(9-13)3-5-16-15-7-8-17(22)19(15,2)10-18(23)20(14,16)24/h4,6,9,15-16,24H,3,5,7-8,10H2,1-2H3/t15-,16+,19+,20+/m0/s1. The minimum absolute atomic E-state index is 0.0454. The first-order valence-corrected chi connectivity index (χ1v) is 8.87. The molecule has 132 valence electrons. The van der Waals surface area contributed by atoms with E-state index in [-0.39, 0.29) is 29.8 Å². The lowest BCUT2D eigenvalue weighted by atomic mass is 9.53. The van der Waals surface area contributed by atoms with Crippen LogP contribution in [0.1, 0.15) is 50.7 Å². The number of carbonyl (C=O) groups is 3. The molecule has 0 spiro atoms. The lowest BCUT2D eigenvalue weighted by Gasteiger charge is -2.51. The van der Waals surface area contributed by atoms with Crippen LogP contribution in [-0.2, 0) is 26.4 Å². The molecule has 5 nitrogen and oxygen atoms in total. The van der Waals surface area contributed by atoms with Gasteiger partial charge in [0, 0.05) is 31.1 Å². The molecule has 4 rings (SSSR count). The average molecular weight is 342 g/mol. The van der Waals surface area contributed by atoms with Crippen LogP contribution in [-0.4, -0.2) is 22.6 Å². The molecule has 3 aliphatic carbocycles. The van der Waals surface area contributed by atoms with Gasteiger partial charge in [-0.1, -0.05) is 13.0 Å². The Morgan fingerprint density at radius 3 is 2.60 bits per heavy atom. The molecule has 2 saturated carbocycles. The molecular formula is C20H22O5. The van der Waals surface area contributed by atoms with Crippen LogP contribution in [0.2, 0.25) is 0 Å². The van der Waals surface area contributed by atoms with Crippen molar-refractivity contribution in [1.29, 1.82) is 0 Å². The van der Waals surface area contributed by atoms with E-state index in [2.05, 4.69) is 0 Å². The third-order valence-electron chi connectivity index (χ3n) is 6.59. The minimum Gasteiger partial charge on any atom is -0.427 e. The molecular weight excluding hydrogens is 320 g/mol. The Balaban J connectivity index is 1.78. The van der Waals surface area contributed by atoms with Gasteiger partial charge in [0.15, 0.2) is 11.4 Å². The number of aryl methyl sites for hydroxylation is 1. The SMILES string of the molecule is CC(=O)Oc1ccc2c(c1)CC[C@@H]1[C@@H]3CCC(=O)[C@]3(C)CC(=O)[C@@]21O. The van der Waals surface area contributed by atoms with E-state index in [9.17, 15) is 19.5 Å². The number of aliphatic hydroxyl groups is 1. The number of ether oxygens (including phenoxy) is 1. The lowest BCUT2D eigenvalue weighted by molar-refractivity contribution is -0.169. The smallest absolute Gasteiger partial charge is 0.308 e. The van der Waals surface area contributed by atoms with Crippen molar-refractivity contribution in [2.75, 3.05) is 0 Å². The summed E-state index contributed by atoms with van der Waals surface area (Å²) in [5, 5.41) is 11.5. The number of ketones is 2. The molecule has 0 bridgehead atoms. The van der Waals surface area contributed by atoms with Crippen LogP contribution in [0.25, 0.3) is 0 Å². The molecule has 0 heterocycles. The molecule has 25 heavy (non-hydrogen) atoms. The predicted octanol–water partition coefficient (Wildman–Crippen LogP) is 2.32. The molecule has 0 radical (unpaired) electrons. The fraction of sp³-hybridized carbons (Fsp3) is 0.550. The van der Waals surface area contributed by atoms with Gasteiger partial charge in [0.05, 0.1) is 0 Å². The Bertz CT molecular complexity index is 797. The summed E-state index contributed by atoms with van der Waals surface area (Å²) in [4.78, 5) is 36.5. The van der Waals surface area contributed by atoms with Crippen molar-refractivity contribution in [2.24, 2.45) is 17.3 Å². The monoisotopic (exact) mass is 342 g/mol. The van der Waals surface area contributed by atoms with Crippen LogP contribution in [0.15, 0.2) is 18.2 Å². The van der Waals surface area contributed by atoms with Gasteiger partial charge in [0.25, 0.3) is 0 Å². The summed E-state index contributed by atoms with van der Waals surface area (Å²) in [5.74, 6) is -0.253. The van der Waals surface area contributed by atoms with Crippen LogP contribution < -0.4 is 4.74 Å². The van der Waals surface area contributed by atoms with Gasteiger partial charge in [-0.15, -0.1) is 0 Å². The number of rotatable bonds is 1. The van der Waals surface area contributed by atoms with Crippen LogP contribution in [0.5, 0.6) is 5.75 Å². The zero-order valence-corrected chi connectivity index (χ0v) is 14.5. The van der Waals surface area contributed by atoms with Crippen LogP contribution in [0, 0.1) is 17.3 Å². The number of hydrogen-bond donors (Lipinski definition) is 1. The number of carbonyl (C=O) groups excluding carboxylic acids is 3. The van der Waals surface area contributed by atoms with Gasteiger partial charge < -0.3 is 9.84 Å². The van der Waals surface area contributed by atoms with E-state index in [1.165, 1.54) is 6.92 Å². The van der Waals surface area contributed by atoms with Crippen molar-refractivity contribution in [1.82, 2.24) is 0 Å². The Hall–Kier alpha value is -2.01. The third-order valence-corrected chi connectivity index (χ3v) is 6.59. The second-order valence-corrected chi connectivity index (χ2v) is 7.91. The van der Waals surface area contributed by atoms with Gasteiger partial charge >= 0.3 is 5.97 Å². The molecule has 2 fully saturated rings. The molecule has 3 aliphatic rings. The molecule has 0 unspecified atom stereocenters. The molecule has 1 aromatic carbocycles. The van der Waals surface area contributed by atoms with E-state index in [1.807, 2.05) is 6.92 Å². The lowest BCUT2D eigenvalue weighted by Crippen LogP contribution is -2.57. The summed E-state index contributed by atoms with van der Waals surface area (Å²) >= 11 is 0. The highest BCUT2D eigenvalue weighted by Gasteiger charge is 2.63. The first-order valence-electron chi connectivity index (χ1n) is 8.87. The number of Topliss-reactive ketones (excluding diaryl/α,β-unsaturated/α-hetero) is 2. The maximum Gasteiger partial charge on any atom is 0.308 e. The topological polar surface area (TPSA) is 80.7 Å². The maximum atomic E-state index is 13.0. The van der Waals surface area contributed by atoms with E-state index >= 15 is 0 Å². The molecule has 0 saturated heterocycles. The average Bonchev–Trinajstić information content (AvgIpc) is 2.82. The quantitative estimate of drug-likeness (QED) is 0.626. The summed E-state index contributed by atoms with van der Waals surface area (Å²) in [6, 6.07) is 5.07. The van der Waals surface area contributed by atoms with Crippen molar-refractivity contribution in [3.8, 4) is 5.75 Å². The van der Waals surface area contributed by atoms with E-state index in [4.69, 9.17) is 4.74 Å². The first-order chi connectivity index (χ1) is 11.8. The third kappa shape index (κ3) is 2.15. The minimum atomic E-state index is -1.53. The number of esters is 1. The Kier molecular flexibility index (Phi) is 3.45. The zero-order chi connectivity index (χ0) is 18.0. The molecule has 5 heteroatoms. The van der Waals surface area contributed by atoms with Gasteiger partial charge in [0.2, 0.25) is 0 Å². The van der Waals surface area contributed by atoms with Gasteiger partial charge in [0.1, 0.15) is 11.5 Å². The van der Waals surface area contributed by atoms with Crippen molar-refractivity contribution in [3.63, 3.8) is 0 Å². The van der Waals surface area contributed by atoms with Gasteiger partial charge in [-0.3, -0.25) is 14.4 Å². The highest BCUT2D eigenvalue weighted by atomic mass is 16.5. The van der Waals surface area contributed by atoms with Crippen molar-refractivity contribution in [2.45, 2.75) is 51.6 Å². The van der Waals surface area contributed by atoms with Gasteiger partial charge in [-0.2, -0.15) is 0 Å². The second kappa shape index (κ2) is 5.24. The fourth-order valence-corrected chi connectivity index (χ4v) is 5.39.